The van der Waals surface area contributed by atoms with E-state index >= 15 is 0 Å². The quantitative estimate of drug-likeness (QED) is 0.656. The highest BCUT2D eigenvalue weighted by molar-refractivity contribution is 9.10. The standard InChI is InChI=1S/C14H12BrF3N2/c15-10-4-9(5-13(18)6-10)14(20-19)3-8-1-11(16)7-12(17)2-8/h1-2,4-7,14,20H,3,19H2. The SMILES string of the molecule is NNC(Cc1cc(F)cc(F)c1)c1cc(F)cc(Br)c1. The first-order valence-electron chi connectivity index (χ1n) is 5.85. The van der Waals surface area contributed by atoms with Gasteiger partial charge in [0.05, 0.1) is 6.04 Å². The van der Waals surface area contributed by atoms with Crippen LogP contribution in [0.25, 0.3) is 0 Å². The molecule has 0 heterocycles. The van der Waals surface area contributed by atoms with Gasteiger partial charge in [0.2, 0.25) is 0 Å². The van der Waals surface area contributed by atoms with Gasteiger partial charge in [-0.25, -0.2) is 13.2 Å². The maximum absolute atomic E-state index is 13.4. The molecule has 0 fully saturated rings. The first kappa shape index (κ1) is 15.0. The highest BCUT2D eigenvalue weighted by Gasteiger charge is 2.13. The first-order chi connectivity index (χ1) is 9.47. The van der Waals surface area contributed by atoms with E-state index in [1.165, 1.54) is 24.3 Å². The highest BCUT2D eigenvalue weighted by atomic mass is 79.9. The summed E-state index contributed by atoms with van der Waals surface area (Å²) in [4.78, 5) is 0. The molecule has 2 aromatic carbocycles. The van der Waals surface area contributed by atoms with Crippen LogP contribution in [0.4, 0.5) is 13.2 Å². The Morgan fingerprint density at radius 1 is 0.950 bits per heavy atom. The van der Waals surface area contributed by atoms with E-state index in [4.69, 9.17) is 5.84 Å². The molecule has 0 amide bonds. The lowest BCUT2D eigenvalue weighted by Gasteiger charge is -2.17. The summed E-state index contributed by atoms with van der Waals surface area (Å²) in [5.41, 5.74) is 3.55. The molecule has 1 atom stereocenters. The van der Waals surface area contributed by atoms with Crippen molar-refractivity contribution in [3.8, 4) is 0 Å². The number of benzene rings is 2. The molecule has 2 nitrogen and oxygen atoms in total. The maximum Gasteiger partial charge on any atom is 0.126 e. The van der Waals surface area contributed by atoms with Crippen molar-refractivity contribution in [2.24, 2.45) is 5.84 Å². The average molecular weight is 345 g/mol. The summed E-state index contributed by atoms with van der Waals surface area (Å²) in [6, 6.07) is 7.13. The van der Waals surface area contributed by atoms with Crippen LogP contribution < -0.4 is 11.3 Å². The topological polar surface area (TPSA) is 38.0 Å². The molecule has 3 N–H and O–H groups in total. The second-order valence-corrected chi connectivity index (χ2v) is 5.32. The number of nitrogens with one attached hydrogen (secondary N) is 1. The number of hydrazine groups is 1. The van der Waals surface area contributed by atoms with Gasteiger partial charge < -0.3 is 0 Å². The van der Waals surface area contributed by atoms with Gasteiger partial charge in [0, 0.05) is 10.5 Å². The van der Waals surface area contributed by atoms with Crippen LogP contribution in [0, 0.1) is 17.5 Å². The largest absolute Gasteiger partial charge is 0.271 e. The Hall–Kier alpha value is -1.37. The fourth-order valence-corrected chi connectivity index (χ4v) is 2.50. The normalized spacial score (nSPS) is 12.4. The van der Waals surface area contributed by atoms with Gasteiger partial charge in [0.1, 0.15) is 17.5 Å². The molecule has 0 bridgehead atoms. The van der Waals surface area contributed by atoms with Crippen molar-refractivity contribution in [2.75, 3.05) is 0 Å². The third kappa shape index (κ3) is 3.82. The van der Waals surface area contributed by atoms with E-state index in [0.717, 1.165) is 6.07 Å². The van der Waals surface area contributed by atoms with Gasteiger partial charge in [0.15, 0.2) is 0 Å². The zero-order chi connectivity index (χ0) is 14.7. The van der Waals surface area contributed by atoms with E-state index in [9.17, 15) is 13.2 Å². The average Bonchev–Trinajstić information content (AvgIpc) is 2.33. The van der Waals surface area contributed by atoms with E-state index in [0.29, 0.717) is 15.6 Å². The molecule has 20 heavy (non-hydrogen) atoms. The van der Waals surface area contributed by atoms with Crippen LogP contribution in [-0.2, 0) is 6.42 Å². The summed E-state index contributed by atoms with van der Waals surface area (Å²) in [6.45, 7) is 0. The Morgan fingerprint density at radius 3 is 2.10 bits per heavy atom. The molecule has 6 heteroatoms. The third-order valence-electron chi connectivity index (χ3n) is 2.85. The molecule has 0 aliphatic carbocycles. The molecular formula is C14H12BrF3N2. The minimum absolute atomic E-state index is 0.237. The molecule has 0 aliphatic rings. The monoisotopic (exact) mass is 344 g/mol. The van der Waals surface area contributed by atoms with Crippen molar-refractivity contribution in [3.05, 3.63) is 69.4 Å². The molecule has 2 aromatic rings. The Labute approximate surface area is 122 Å². The van der Waals surface area contributed by atoms with E-state index in [2.05, 4.69) is 21.4 Å². The van der Waals surface area contributed by atoms with Crippen molar-refractivity contribution in [2.45, 2.75) is 12.5 Å². The van der Waals surface area contributed by atoms with Crippen LogP contribution in [0.1, 0.15) is 17.2 Å². The Balaban J connectivity index is 2.28. The van der Waals surface area contributed by atoms with Gasteiger partial charge in [-0.1, -0.05) is 15.9 Å². The van der Waals surface area contributed by atoms with Crippen LogP contribution in [-0.4, -0.2) is 0 Å². The maximum atomic E-state index is 13.4. The van der Waals surface area contributed by atoms with E-state index < -0.39 is 23.5 Å². The number of nitrogens with two attached hydrogens (primary N) is 1. The Morgan fingerprint density at radius 2 is 1.55 bits per heavy atom. The van der Waals surface area contributed by atoms with Crippen molar-refractivity contribution in [1.29, 1.82) is 0 Å². The number of hydrogen-bond donors (Lipinski definition) is 2. The highest BCUT2D eigenvalue weighted by Crippen LogP contribution is 2.23. The molecule has 0 aromatic heterocycles. The molecule has 0 saturated carbocycles. The molecule has 0 spiro atoms. The fraction of sp³-hybridized carbons (Fsp3) is 0.143. The van der Waals surface area contributed by atoms with Crippen molar-refractivity contribution >= 4 is 15.9 Å². The van der Waals surface area contributed by atoms with E-state index in [-0.39, 0.29) is 6.42 Å². The predicted octanol–water partition coefficient (Wildman–Crippen LogP) is 3.61. The first-order valence-corrected chi connectivity index (χ1v) is 6.64. The van der Waals surface area contributed by atoms with Crippen LogP contribution in [0.2, 0.25) is 0 Å². The Bertz CT molecular complexity index is 579. The summed E-state index contributed by atoms with van der Waals surface area (Å²) in [7, 11) is 0. The number of halogens is 4. The summed E-state index contributed by atoms with van der Waals surface area (Å²) >= 11 is 3.19. The zero-order valence-electron chi connectivity index (χ0n) is 10.3. The van der Waals surface area contributed by atoms with E-state index in [1.54, 1.807) is 6.07 Å². The van der Waals surface area contributed by atoms with Gasteiger partial charge in [-0.3, -0.25) is 11.3 Å². The summed E-state index contributed by atoms with van der Waals surface area (Å²) in [6.07, 6.45) is 0.237. The summed E-state index contributed by atoms with van der Waals surface area (Å²) < 4.78 is 40.2. The van der Waals surface area contributed by atoms with Gasteiger partial charge in [-0.15, -0.1) is 0 Å². The van der Waals surface area contributed by atoms with Gasteiger partial charge in [-0.2, -0.15) is 0 Å². The Kier molecular flexibility index (Phi) is 4.80. The fourth-order valence-electron chi connectivity index (χ4n) is 2.01. The van der Waals surface area contributed by atoms with Crippen LogP contribution in [0.3, 0.4) is 0 Å². The van der Waals surface area contributed by atoms with Gasteiger partial charge in [-0.05, 0) is 47.9 Å². The van der Waals surface area contributed by atoms with E-state index in [1.807, 2.05) is 0 Å². The van der Waals surface area contributed by atoms with Gasteiger partial charge in [0.25, 0.3) is 0 Å². The van der Waals surface area contributed by atoms with Crippen molar-refractivity contribution < 1.29 is 13.2 Å². The number of hydrogen-bond acceptors (Lipinski definition) is 2. The minimum Gasteiger partial charge on any atom is -0.271 e. The number of rotatable bonds is 4. The summed E-state index contributed by atoms with van der Waals surface area (Å²) in [5, 5.41) is 0. The molecule has 1 unspecified atom stereocenters. The lowest BCUT2D eigenvalue weighted by molar-refractivity contribution is 0.534. The lowest BCUT2D eigenvalue weighted by Crippen LogP contribution is -2.29. The smallest absolute Gasteiger partial charge is 0.126 e. The van der Waals surface area contributed by atoms with Crippen molar-refractivity contribution in [3.63, 3.8) is 0 Å². The third-order valence-corrected chi connectivity index (χ3v) is 3.31. The predicted molar refractivity (Wildman–Crippen MR) is 74.2 cm³/mol. The van der Waals surface area contributed by atoms with Crippen molar-refractivity contribution in [1.82, 2.24) is 5.43 Å². The van der Waals surface area contributed by atoms with Crippen LogP contribution in [0.15, 0.2) is 40.9 Å². The molecule has 2 rings (SSSR count). The molecule has 106 valence electrons. The van der Waals surface area contributed by atoms with Gasteiger partial charge >= 0.3 is 0 Å². The molecule has 0 saturated heterocycles. The molecule has 0 aliphatic heterocycles. The van der Waals surface area contributed by atoms with Crippen LogP contribution in [0.5, 0.6) is 0 Å². The zero-order valence-corrected chi connectivity index (χ0v) is 11.9. The molecular weight excluding hydrogens is 333 g/mol. The lowest BCUT2D eigenvalue weighted by atomic mass is 9.99. The summed E-state index contributed by atoms with van der Waals surface area (Å²) in [5.74, 6) is 3.72. The second kappa shape index (κ2) is 6.39. The molecule has 0 radical (unpaired) electrons. The second-order valence-electron chi connectivity index (χ2n) is 4.40. The van der Waals surface area contributed by atoms with Crippen LogP contribution >= 0.6 is 15.9 Å². The minimum atomic E-state index is -0.656.